The van der Waals surface area contributed by atoms with E-state index in [-0.39, 0.29) is 53.3 Å². The fourth-order valence-electron chi connectivity index (χ4n) is 15.6. The lowest BCUT2D eigenvalue weighted by Gasteiger charge is -2.73. The maximum absolute atomic E-state index is 13.2. The second kappa shape index (κ2) is 17.7. The number of carbonyl (C=O) groups excluding carboxylic acids is 1. The number of fused-ring (bicyclic) bond motifs is 7. The number of hydrogen-bond donors (Lipinski definition) is 8. The summed E-state index contributed by atoms with van der Waals surface area (Å²) in [7, 11) is 0. The minimum atomic E-state index is -1.76. The van der Waals surface area contributed by atoms with Gasteiger partial charge in [-0.3, -0.25) is 9.59 Å². The summed E-state index contributed by atoms with van der Waals surface area (Å²) in [4.78, 5) is 24.6. The van der Waals surface area contributed by atoms with Gasteiger partial charge in [0.05, 0.1) is 37.4 Å². The van der Waals surface area contributed by atoms with Gasteiger partial charge in [-0.15, -0.1) is 0 Å². The van der Waals surface area contributed by atoms with Gasteiger partial charge in [0.15, 0.2) is 25.0 Å². The van der Waals surface area contributed by atoms with Crippen LogP contribution in [-0.4, -0.2) is 159 Å². The van der Waals surface area contributed by atoms with E-state index >= 15 is 0 Å². The molecule has 8 aliphatic rings. The van der Waals surface area contributed by atoms with Gasteiger partial charge in [0.2, 0.25) is 0 Å². The van der Waals surface area contributed by atoms with E-state index in [2.05, 4.69) is 41.5 Å². The van der Waals surface area contributed by atoms with Gasteiger partial charge in [0.25, 0.3) is 0 Å². The number of hydrogen-bond acceptors (Lipinski definition) is 16. The number of esters is 1. The van der Waals surface area contributed by atoms with Crippen molar-refractivity contribution in [3.05, 3.63) is 0 Å². The highest BCUT2D eigenvalue weighted by molar-refractivity contribution is 5.75. The molecule has 3 heterocycles. The average molecular weight is 927 g/mol. The zero-order chi connectivity index (χ0) is 47.4. The van der Waals surface area contributed by atoms with E-state index in [1.807, 2.05) is 0 Å². The van der Waals surface area contributed by atoms with Gasteiger partial charge in [-0.25, -0.2) is 0 Å². The quantitative estimate of drug-likeness (QED) is 0.122. The Hall–Kier alpha value is -1.58. The lowest BCUT2D eigenvalue weighted by Crippen LogP contribution is -2.69. The molecule has 65 heavy (non-hydrogen) atoms. The first-order valence-electron chi connectivity index (χ1n) is 24.3. The standard InChI is InChI=1S/C48H78O17/c1-23-32(52)37(64-39-35(55)34(54)28(21-60-39)62-24(2)50)36(56)40(61-23)65-38-33(53)27(51)20-59-41(38)63-31-12-13-44(5)29(45(31,6)22-49)11-14-47(8)30(44)10-9-25-26-19-43(3,4)15-17-48(26,42(57)58)18-16-46(25,47)7/h23,25-41,49,51-56H,9-22H2,1-8H3,(H,57,58)/t23-,25+,26-,27-,28+,29+,30+,31-,32-,33-,34-,35+,36+,37+,38+,39-,40-,41-,44-,45-,46+,47+,48-/m0/s1. The van der Waals surface area contributed by atoms with Gasteiger partial charge >= 0.3 is 11.9 Å². The normalized spacial score (nSPS) is 54.3. The highest BCUT2D eigenvalue weighted by Crippen LogP contribution is 2.77. The third kappa shape index (κ3) is 8.03. The van der Waals surface area contributed by atoms with E-state index in [9.17, 15) is 50.4 Å². The Labute approximate surface area is 382 Å². The van der Waals surface area contributed by atoms with E-state index in [4.69, 9.17) is 33.2 Å². The molecule has 23 atom stereocenters. The van der Waals surface area contributed by atoms with Gasteiger partial charge in [-0.1, -0.05) is 41.5 Å². The molecule has 0 unspecified atom stereocenters. The fourth-order valence-corrected chi connectivity index (χ4v) is 15.6. The summed E-state index contributed by atoms with van der Waals surface area (Å²) in [5.41, 5.74) is -1.55. The molecule has 17 heteroatoms. The number of ether oxygens (including phenoxy) is 7. The van der Waals surface area contributed by atoms with Crippen LogP contribution in [0.3, 0.4) is 0 Å². The highest BCUT2D eigenvalue weighted by atomic mass is 16.8. The third-order valence-corrected chi connectivity index (χ3v) is 19.6. The van der Waals surface area contributed by atoms with Gasteiger partial charge in [0, 0.05) is 12.3 Å². The lowest BCUT2D eigenvalue weighted by molar-refractivity contribution is -0.379. The number of carboxylic acids is 1. The van der Waals surface area contributed by atoms with Gasteiger partial charge in [0.1, 0.15) is 48.8 Å². The Kier molecular flexibility index (Phi) is 13.6. The smallest absolute Gasteiger partial charge is 0.309 e. The molecule has 0 bridgehead atoms. The van der Waals surface area contributed by atoms with E-state index in [1.54, 1.807) is 0 Å². The number of carboxylic acid groups (broad SMARTS) is 1. The predicted octanol–water partition coefficient (Wildman–Crippen LogP) is 2.64. The van der Waals surface area contributed by atoms with Crippen molar-refractivity contribution in [3.8, 4) is 0 Å². The van der Waals surface area contributed by atoms with Crippen LogP contribution in [0.15, 0.2) is 0 Å². The van der Waals surface area contributed by atoms with Crippen molar-refractivity contribution in [2.75, 3.05) is 19.8 Å². The van der Waals surface area contributed by atoms with Crippen molar-refractivity contribution in [1.82, 2.24) is 0 Å². The van der Waals surface area contributed by atoms with Crippen LogP contribution in [0.4, 0.5) is 0 Å². The predicted molar refractivity (Wildman–Crippen MR) is 228 cm³/mol. The summed E-state index contributed by atoms with van der Waals surface area (Å²) >= 11 is 0. The number of aliphatic hydroxyl groups excluding tert-OH is 7. The van der Waals surface area contributed by atoms with Crippen molar-refractivity contribution in [2.24, 2.45) is 56.2 Å². The Bertz CT molecular complexity index is 1750. The highest BCUT2D eigenvalue weighted by Gasteiger charge is 2.72. The number of aliphatic hydroxyl groups is 7. The molecule has 0 amide bonds. The number of aliphatic carboxylic acids is 1. The van der Waals surface area contributed by atoms with Gasteiger partial charge in [-0.2, -0.15) is 0 Å². The maximum Gasteiger partial charge on any atom is 0.309 e. The first kappa shape index (κ1) is 49.8. The van der Waals surface area contributed by atoms with Crippen molar-refractivity contribution in [2.45, 2.75) is 212 Å². The molecule has 8 N–H and O–H groups in total. The Balaban J connectivity index is 0.988. The van der Waals surface area contributed by atoms with Crippen LogP contribution in [-0.2, 0) is 42.7 Å². The molecule has 0 radical (unpaired) electrons. The van der Waals surface area contributed by atoms with Crippen molar-refractivity contribution >= 4 is 11.9 Å². The minimum Gasteiger partial charge on any atom is -0.481 e. The summed E-state index contributed by atoms with van der Waals surface area (Å²) in [6.07, 6.45) is -10.2. The van der Waals surface area contributed by atoms with Crippen LogP contribution in [0, 0.1) is 56.2 Å². The molecule has 0 aromatic carbocycles. The monoisotopic (exact) mass is 927 g/mol. The SMILES string of the molecule is CC(=O)O[C@@H]1CO[C@@H](O[C@@H]2[C@@H](O)[C@H](C)O[C@@H](O[C@H]3[C@H](O[C@H]4CC[C@@]5(C)[C@@H](CC[C@]6(C)[C@@H]5CC[C@@H]5[C@@H]7CC(C)(C)CC[C@]7(C(=O)O)CC[C@]56C)[C@]4(C)CO)OC[C@H](O)[C@@H]3O)[C@@H]2O)[C@H](O)[C@H]1O. The largest absolute Gasteiger partial charge is 0.481 e. The summed E-state index contributed by atoms with van der Waals surface area (Å²) in [5.74, 6) is -0.456. The second-order valence-corrected chi connectivity index (χ2v) is 23.4. The lowest BCUT2D eigenvalue weighted by atomic mass is 9.31. The zero-order valence-electron chi connectivity index (χ0n) is 39.5. The Morgan fingerprint density at radius 1 is 0.646 bits per heavy atom. The molecular formula is C48H78O17. The van der Waals surface area contributed by atoms with Crippen molar-refractivity contribution in [1.29, 1.82) is 0 Å². The van der Waals surface area contributed by atoms with Crippen LogP contribution >= 0.6 is 0 Å². The molecule has 0 aromatic rings. The Morgan fingerprint density at radius 3 is 2.00 bits per heavy atom. The number of carbonyl (C=O) groups is 2. The van der Waals surface area contributed by atoms with E-state index in [0.29, 0.717) is 24.7 Å². The average Bonchev–Trinajstić information content (AvgIpc) is 3.24. The summed E-state index contributed by atoms with van der Waals surface area (Å²) < 4.78 is 41.4. The minimum absolute atomic E-state index is 0.0381. The Morgan fingerprint density at radius 2 is 1.32 bits per heavy atom. The van der Waals surface area contributed by atoms with E-state index < -0.39 is 109 Å². The fraction of sp³-hybridized carbons (Fsp3) is 0.958. The van der Waals surface area contributed by atoms with E-state index in [0.717, 1.165) is 64.7 Å². The molecule has 372 valence electrons. The van der Waals surface area contributed by atoms with Crippen LogP contribution in [0.1, 0.15) is 126 Å². The van der Waals surface area contributed by atoms with Crippen LogP contribution in [0.2, 0.25) is 0 Å². The molecule has 8 rings (SSSR count). The molecule has 17 nitrogen and oxygen atoms in total. The first-order valence-corrected chi connectivity index (χ1v) is 24.3. The molecule has 8 fully saturated rings. The van der Waals surface area contributed by atoms with Gasteiger partial charge in [-0.05, 0) is 123 Å². The summed E-state index contributed by atoms with van der Waals surface area (Å²) in [6.45, 7) is 15.9. The molecule has 5 aliphatic carbocycles. The third-order valence-electron chi connectivity index (χ3n) is 19.6. The molecule has 0 aromatic heterocycles. The number of rotatable bonds is 9. The van der Waals surface area contributed by atoms with Crippen LogP contribution < -0.4 is 0 Å². The van der Waals surface area contributed by atoms with E-state index in [1.165, 1.54) is 6.92 Å². The topological polar surface area (TPSA) is 261 Å². The maximum atomic E-state index is 13.2. The zero-order valence-corrected chi connectivity index (χ0v) is 39.5. The van der Waals surface area contributed by atoms with Crippen LogP contribution in [0.5, 0.6) is 0 Å². The molecule has 0 spiro atoms. The molecule has 3 aliphatic heterocycles. The van der Waals surface area contributed by atoms with Gasteiger partial charge < -0.3 is 74.0 Å². The van der Waals surface area contributed by atoms with Crippen LogP contribution in [0.25, 0.3) is 0 Å². The van der Waals surface area contributed by atoms with Crippen molar-refractivity contribution < 1.29 is 83.6 Å². The molecule has 5 saturated carbocycles. The first-order chi connectivity index (χ1) is 30.4. The second-order valence-electron chi connectivity index (χ2n) is 23.4. The molecular weight excluding hydrogens is 849 g/mol. The summed E-state index contributed by atoms with van der Waals surface area (Å²) in [6, 6.07) is 0. The molecule has 3 saturated heterocycles. The summed E-state index contributed by atoms with van der Waals surface area (Å²) in [5, 5.41) is 88.6. The van der Waals surface area contributed by atoms with Crippen molar-refractivity contribution in [3.63, 3.8) is 0 Å².